The summed E-state index contributed by atoms with van der Waals surface area (Å²) in [6.07, 6.45) is 8.50. The summed E-state index contributed by atoms with van der Waals surface area (Å²) in [5.74, 6) is 1.17. The number of carbonyl (C=O) groups excluding carboxylic acids is 1. The van der Waals surface area contributed by atoms with Crippen molar-refractivity contribution in [3.05, 3.63) is 17.5 Å². The van der Waals surface area contributed by atoms with Gasteiger partial charge in [-0.25, -0.2) is 0 Å². The summed E-state index contributed by atoms with van der Waals surface area (Å²) in [7, 11) is 0. The first-order chi connectivity index (χ1) is 10.3. The Morgan fingerprint density at radius 2 is 2.10 bits per heavy atom. The molecule has 1 aromatic heterocycles. The van der Waals surface area contributed by atoms with E-state index in [1.807, 2.05) is 4.90 Å². The molecule has 3 fully saturated rings. The molecule has 114 valence electrons. The van der Waals surface area contributed by atoms with Crippen LogP contribution in [0.2, 0.25) is 0 Å². The van der Waals surface area contributed by atoms with E-state index in [1.165, 1.54) is 19.3 Å². The summed E-state index contributed by atoms with van der Waals surface area (Å²) in [5.41, 5.74) is 1.12. The molecule has 0 aromatic carbocycles. The second kappa shape index (κ2) is 5.13. The molecule has 0 unspecified atom stereocenters. The zero-order valence-corrected chi connectivity index (χ0v) is 12.3. The van der Waals surface area contributed by atoms with Crippen molar-refractivity contribution in [2.75, 3.05) is 26.3 Å². The molecule has 1 spiro atoms. The molecule has 3 aliphatic rings. The molecule has 1 aliphatic carbocycles. The normalized spacial score (nSPS) is 25.2. The predicted octanol–water partition coefficient (Wildman–Crippen LogP) is 2.58. The molecule has 21 heavy (non-hydrogen) atoms. The van der Waals surface area contributed by atoms with Crippen molar-refractivity contribution in [2.45, 2.75) is 44.4 Å². The third kappa shape index (κ3) is 2.27. The highest BCUT2D eigenvalue weighted by molar-refractivity contribution is 5.95. The third-order valence-corrected chi connectivity index (χ3v) is 5.56. The largest absolute Gasteiger partial charge is 0.381 e. The van der Waals surface area contributed by atoms with Gasteiger partial charge in [-0.3, -0.25) is 4.79 Å². The average molecular weight is 290 g/mol. The van der Waals surface area contributed by atoms with Crippen LogP contribution < -0.4 is 0 Å². The highest BCUT2D eigenvalue weighted by Crippen LogP contribution is 2.48. The van der Waals surface area contributed by atoms with Crippen molar-refractivity contribution in [3.63, 3.8) is 0 Å². The summed E-state index contributed by atoms with van der Waals surface area (Å²) in [6.45, 7) is 3.29. The number of hydrogen-bond donors (Lipinski definition) is 0. The summed E-state index contributed by atoms with van der Waals surface area (Å²) < 4.78 is 10.8. The van der Waals surface area contributed by atoms with E-state index < -0.39 is 0 Å². The van der Waals surface area contributed by atoms with Gasteiger partial charge in [0.15, 0.2) is 5.76 Å². The Balaban J connectivity index is 1.51. The van der Waals surface area contributed by atoms with Crippen molar-refractivity contribution >= 4 is 5.91 Å². The van der Waals surface area contributed by atoms with Crippen molar-refractivity contribution < 1.29 is 14.1 Å². The minimum atomic E-state index is 0.113. The second-order valence-electron chi connectivity index (χ2n) is 6.82. The van der Waals surface area contributed by atoms with E-state index in [2.05, 4.69) is 5.16 Å². The van der Waals surface area contributed by atoms with Gasteiger partial charge in [0.25, 0.3) is 5.91 Å². The summed E-state index contributed by atoms with van der Waals surface area (Å²) in [6, 6.07) is 0. The van der Waals surface area contributed by atoms with Gasteiger partial charge in [0.1, 0.15) is 5.56 Å². The van der Waals surface area contributed by atoms with Crippen LogP contribution in [0.25, 0.3) is 0 Å². The Hall–Kier alpha value is -1.36. The first-order valence-corrected chi connectivity index (χ1v) is 8.09. The number of nitrogens with zero attached hydrogens (tertiary/aromatic N) is 2. The fraction of sp³-hybridized carbons (Fsp3) is 0.750. The smallest absolute Gasteiger partial charge is 0.259 e. The number of ether oxygens (including phenoxy) is 1. The van der Waals surface area contributed by atoms with E-state index in [0.717, 1.165) is 51.3 Å². The van der Waals surface area contributed by atoms with Crippen LogP contribution in [0.15, 0.2) is 10.7 Å². The topological polar surface area (TPSA) is 55.6 Å². The molecule has 2 saturated heterocycles. The van der Waals surface area contributed by atoms with Crippen molar-refractivity contribution in [1.29, 1.82) is 0 Å². The maximum Gasteiger partial charge on any atom is 0.259 e. The molecule has 1 saturated carbocycles. The summed E-state index contributed by atoms with van der Waals surface area (Å²) in [4.78, 5) is 14.8. The summed E-state index contributed by atoms with van der Waals surface area (Å²) in [5, 5.41) is 3.90. The van der Waals surface area contributed by atoms with Gasteiger partial charge in [0.05, 0.1) is 6.20 Å². The quantitative estimate of drug-likeness (QED) is 0.840. The molecular weight excluding hydrogens is 268 g/mol. The fourth-order valence-electron chi connectivity index (χ4n) is 4.03. The Kier molecular flexibility index (Phi) is 3.25. The number of carbonyl (C=O) groups is 1. The number of hydrogen-bond acceptors (Lipinski definition) is 4. The summed E-state index contributed by atoms with van der Waals surface area (Å²) >= 11 is 0. The number of amides is 1. The molecule has 0 radical (unpaired) electrons. The molecule has 0 bridgehead atoms. The van der Waals surface area contributed by atoms with Crippen molar-refractivity contribution in [1.82, 2.24) is 10.1 Å². The Morgan fingerprint density at radius 1 is 1.29 bits per heavy atom. The Labute approximate surface area is 124 Å². The molecule has 2 aliphatic heterocycles. The number of aromatic nitrogens is 1. The van der Waals surface area contributed by atoms with Crippen molar-refractivity contribution in [3.8, 4) is 0 Å². The lowest BCUT2D eigenvalue weighted by molar-refractivity contribution is 0.0705. The lowest BCUT2D eigenvalue weighted by Crippen LogP contribution is -2.36. The van der Waals surface area contributed by atoms with Crippen LogP contribution in [0.4, 0.5) is 0 Å². The molecule has 5 heteroatoms. The molecule has 3 heterocycles. The SMILES string of the molecule is O=C(c1cnoc1C1CCOCC1)N1CCC2(CCC2)C1. The maximum atomic E-state index is 12.8. The number of rotatable bonds is 2. The molecule has 1 amide bonds. The zero-order valence-electron chi connectivity index (χ0n) is 12.3. The van der Waals surface area contributed by atoms with Crippen molar-refractivity contribution in [2.24, 2.45) is 5.41 Å². The molecule has 0 atom stereocenters. The predicted molar refractivity (Wildman–Crippen MR) is 76.1 cm³/mol. The van der Waals surface area contributed by atoms with Gasteiger partial charge in [-0.15, -0.1) is 0 Å². The van der Waals surface area contributed by atoms with Crippen LogP contribution in [-0.4, -0.2) is 42.3 Å². The van der Waals surface area contributed by atoms with Crippen LogP contribution in [0.3, 0.4) is 0 Å². The van der Waals surface area contributed by atoms with Crippen LogP contribution in [-0.2, 0) is 4.74 Å². The molecule has 0 N–H and O–H groups in total. The van der Waals surface area contributed by atoms with Gasteiger partial charge in [-0.05, 0) is 37.5 Å². The van der Waals surface area contributed by atoms with E-state index in [9.17, 15) is 4.79 Å². The highest BCUT2D eigenvalue weighted by atomic mass is 16.5. The molecule has 4 rings (SSSR count). The van der Waals surface area contributed by atoms with Crippen LogP contribution >= 0.6 is 0 Å². The van der Waals surface area contributed by atoms with E-state index in [-0.39, 0.29) is 11.8 Å². The van der Waals surface area contributed by atoms with Crippen LogP contribution in [0.1, 0.15) is 60.6 Å². The second-order valence-corrected chi connectivity index (χ2v) is 6.82. The van der Waals surface area contributed by atoms with E-state index >= 15 is 0 Å². The highest BCUT2D eigenvalue weighted by Gasteiger charge is 2.44. The lowest BCUT2D eigenvalue weighted by Gasteiger charge is -2.37. The minimum absolute atomic E-state index is 0.113. The van der Waals surface area contributed by atoms with E-state index in [0.29, 0.717) is 11.0 Å². The van der Waals surface area contributed by atoms with Gasteiger partial charge in [0.2, 0.25) is 0 Å². The molecule has 5 nitrogen and oxygen atoms in total. The van der Waals surface area contributed by atoms with Gasteiger partial charge in [-0.1, -0.05) is 11.6 Å². The monoisotopic (exact) mass is 290 g/mol. The fourth-order valence-corrected chi connectivity index (χ4v) is 4.03. The molecule has 1 aromatic rings. The third-order valence-electron chi connectivity index (χ3n) is 5.56. The standard InChI is InChI=1S/C16H22N2O3/c19-15(18-7-6-16(11-18)4-1-5-16)13-10-17-21-14(13)12-2-8-20-9-3-12/h10,12H,1-9,11H2. The van der Waals surface area contributed by atoms with E-state index in [4.69, 9.17) is 9.26 Å². The first-order valence-electron chi connectivity index (χ1n) is 8.09. The zero-order chi connectivity index (χ0) is 14.3. The van der Waals surface area contributed by atoms with Gasteiger partial charge in [-0.2, -0.15) is 0 Å². The van der Waals surface area contributed by atoms with Crippen LogP contribution in [0.5, 0.6) is 0 Å². The Bertz CT molecular complexity index is 529. The maximum absolute atomic E-state index is 12.8. The Morgan fingerprint density at radius 3 is 2.76 bits per heavy atom. The van der Waals surface area contributed by atoms with Gasteiger partial charge < -0.3 is 14.2 Å². The first kappa shape index (κ1) is 13.3. The average Bonchev–Trinajstić information content (AvgIpc) is 3.14. The minimum Gasteiger partial charge on any atom is -0.381 e. The lowest BCUT2D eigenvalue weighted by atomic mass is 9.68. The van der Waals surface area contributed by atoms with Gasteiger partial charge >= 0.3 is 0 Å². The van der Waals surface area contributed by atoms with E-state index in [1.54, 1.807) is 6.20 Å². The molecular formula is C16H22N2O3. The van der Waals surface area contributed by atoms with Gasteiger partial charge in [0, 0.05) is 32.2 Å². The van der Waals surface area contributed by atoms with Crippen LogP contribution in [0, 0.1) is 5.41 Å². The number of likely N-dealkylation sites (tertiary alicyclic amines) is 1.